The minimum Gasteiger partial charge on any atom is -0.388 e. The summed E-state index contributed by atoms with van der Waals surface area (Å²) in [6.07, 6.45) is 0. The van der Waals surface area contributed by atoms with Gasteiger partial charge in [-0.1, -0.05) is 25.4 Å². The molecule has 0 spiro atoms. The van der Waals surface area contributed by atoms with Crippen LogP contribution in [0.4, 0.5) is 4.39 Å². The molecule has 4 nitrogen and oxygen atoms in total. The smallest absolute Gasteiger partial charge is 0.165 e. The molecule has 1 aromatic carbocycles. The largest absolute Gasteiger partial charge is 0.388 e. The number of hydrogen-bond acceptors (Lipinski definition) is 3. The molecule has 2 aromatic rings. The summed E-state index contributed by atoms with van der Waals surface area (Å²) in [5, 5.41) is 17.6. The van der Waals surface area contributed by atoms with Crippen molar-refractivity contribution in [2.45, 2.75) is 27.0 Å². The van der Waals surface area contributed by atoms with Gasteiger partial charge in [-0.05, 0) is 24.1 Å². The van der Waals surface area contributed by atoms with Crippen LogP contribution >= 0.6 is 11.6 Å². The van der Waals surface area contributed by atoms with Crippen molar-refractivity contribution in [3.63, 3.8) is 0 Å². The average Bonchev–Trinajstić information content (AvgIpc) is 2.71. The Bertz CT molecular complexity index is 583. The van der Waals surface area contributed by atoms with E-state index in [0.29, 0.717) is 29.7 Å². The molecular formula is C13H15ClFN3O. The monoisotopic (exact) mass is 283 g/mol. The Morgan fingerprint density at radius 2 is 2.11 bits per heavy atom. The Morgan fingerprint density at radius 3 is 2.68 bits per heavy atom. The molecule has 0 aliphatic heterocycles. The number of benzene rings is 1. The second-order valence-corrected chi connectivity index (χ2v) is 5.13. The first-order valence-electron chi connectivity index (χ1n) is 6.01. The van der Waals surface area contributed by atoms with E-state index in [0.717, 1.165) is 0 Å². The lowest BCUT2D eigenvalue weighted by molar-refractivity contribution is 0.262. The molecule has 0 atom stereocenters. The zero-order chi connectivity index (χ0) is 14.0. The van der Waals surface area contributed by atoms with Crippen LogP contribution in [0.5, 0.6) is 0 Å². The van der Waals surface area contributed by atoms with Gasteiger partial charge in [0, 0.05) is 12.1 Å². The second-order valence-electron chi connectivity index (χ2n) is 4.73. The third-order valence-electron chi connectivity index (χ3n) is 2.69. The Morgan fingerprint density at radius 1 is 1.37 bits per heavy atom. The lowest BCUT2D eigenvalue weighted by Crippen LogP contribution is -2.10. The van der Waals surface area contributed by atoms with E-state index in [4.69, 9.17) is 11.6 Å². The maximum atomic E-state index is 13.1. The van der Waals surface area contributed by atoms with Crippen LogP contribution < -0.4 is 0 Å². The van der Waals surface area contributed by atoms with Gasteiger partial charge in [0.15, 0.2) is 11.6 Å². The van der Waals surface area contributed by atoms with E-state index in [-0.39, 0.29) is 11.6 Å². The second kappa shape index (κ2) is 5.67. The number of aliphatic hydroxyl groups is 1. The molecular weight excluding hydrogens is 269 g/mol. The maximum absolute atomic E-state index is 13.1. The van der Waals surface area contributed by atoms with Crippen LogP contribution in [0.2, 0.25) is 5.02 Å². The van der Waals surface area contributed by atoms with Crippen LogP contribution in [-0.2, 0) is 13.2 Å². The van der Waals surface area contributed by atoms with Gasteiger partial charge in [-0.25, -0.2) is 4.39 Å². The van der Waals surface area contributed by atoms with Crippen molar-refractivity contribution < 1.29 is 9.50 Å². The van der Waals surface area contributed by atoms with E-state index in [9.17, 15) is 9.50 Å². The van der Waals surface area contributed by atoms with Gasteiger partial charge in [0.1, 0.15) is 12.4 Å². The number of hydrogen-bond donors (Lipinski definition) is 1. The van der Waals surface area contributed by atoms with E-state index in [2.05, 4.69) is 24.0 Å². The van der Waals surface area contributed by atoms with Crippen LogP contribution in [0.3, 0.4) is 0 Å². The van der Waals surface area contributed by atoms with Gasteiger partial charge < -0.3 is 9.67 Å². The third-order valence-corrected chi connectivity index (χ3v) is 3.00. The van der Waals surface area contributed by atoms with Crippen molar-refractivity contribution in [2.24, 2.45) is 5.92 Å². The predicted molar refractivity (Wildman–Crippen MR) is 71.2 cm³/mol. The zero-order valence-corrected chi connectivity index (χ0v) is 11.5. The molecule has 19 heavy (non-hydrogen) atoms. The zero-order valence-electron chi connectivity index (χ0n) is 10.8. The Balaban J connectivity index is 2.52. The fourth-order valence-electron chi connectivity index (χ4n) is 1.88. The number of halogens is 2. The Labute approximate surface area is 115 Å². The van der Waals surface area contributed by atoms with Gasteiger partial charge in [0.2, 0.25) is 0 Å². The van der Waals surface area contributed by atoms with Crippen molar-refractivity contribution in [2.75, 3.05) is 0 Å². The molecule has 0 saturated heterocycles. The van der Waals surface area contributed by atoms with Crippen molar-refractivity contribution >= 4 is 11.6 Å². The third kappa shape index (κ3) is 2.93. The molecule has 1 heterocycles. The first kappa shape index (κ1) is 14.0. The van der Waals surface area contributed by atoms with Crippen LogP contribution in [0, 0.1) is 11.7 Å². The van der Waals surface area contributed by atoms with Crippen molar-refractivity contribution in [3.05, 3.63) is 34.9 Å². The van der Waals surface area contributed by atoms with Crippen molar-refractivity contribution in [3.8, 4) is 11.4 Å². The molecule has 0 unspecified atom stereocenters. The summed E-state index contributed by atoms with van der Waals surface area (Å²) in [6, 6.07) is 4.14. The summed E-state index contributed by atoms with van der Waals surface area (Å²) in [6.45, 7) is 4.57. The van der Waals surface area contributed by atoms with Crippen LogP contribution in [0.25, 0.3) is 11.4 Å². The van der Waals surface area contributed by atoms with Crippen LogP contribution in [0.15, 0.2) is 18.2 Å². The van der Waals surface area contributed by atoms with E-state index in [1.165, 1.54) is 12.1 Å². The summed E-state index contributed by atoms with van der Waals surface area (Å²) in [5.74, 6) is 0.983. The number of aromatic nitrogens is 3. The molecule has 0 amide bonds. The quantitative estimate of drug-likeness (QED) is 0.939. The van der Waals surface area contributed by atoms with Gasteiger partial charge in [-0.15, -0.1) is 10.2 Å². The van der Waals surface area contributed by atoms with Gasteiger partial charge in [-0.2, -0.15) is 0 Å². The van der Waals surface area contributed by atoms with Gasteiger partial charge in [-0.3, -0.25) is 0 Å². The molecule has 0 fully saturated rings. The van der Waals surface area contributed by atoms with Gasteiger partial charge in [0.25, 0.3) is 0 Å². The standard InChI is InChI=1S/C13H15ClFN3O/c1-8(2)6-18-12(7-19)16-17-13(18)10-4-3-9(15)5-11(10)14/h3-5,8,19H,6-7H2,1-2H3. The summed E-state index contributed by atoms with van der Waals surface area (Å²) in [4.78, 5) is 0. The lowest BCUT2D eigenvalue weighted by Gasteiger charge is -2.12. The van der Waals surface area contributed by atoms with E-state index < -0.39 is 5.82 Å². The number of aliphatic hydroxyl groups excluding tert-OH is 1. The van der Waals surface area contributed by atoms with E-state index >= 15 is 0 Å². The molecule has 0 aliphatic rings. The molecule has 1 aromatic heterocycles. The highest BCUT2D eigenvalue weighted by Gasteiger charge is 2.16. The van der Waals surface area contributed by atoms with Crippen LogP contribution in [-0.4, -0.2) is 19.9 Å². The maximum Gasteiger partial charge on any atom is 0.165 e. The molecule has 0 radical (unpaired) electrons. The van der Waals surface area contributed by atoms with Gasteiger partial charge >= 0.3 is 0 Å². The molecule has 102 valence electrons. The number of rotatable bonds is 4. The van der Waals surface area contributed by atoms with Crippen molar-refractivity contribution in [1.29, 1.82) is 0 Å². The molecule has 6 heteroatoms. The molecule has 0 saturated carbocycles. The van der Waals surface area contributed by atoms with E-state index in [1.54, 1.807) is 6.07 Å². The van der Waals surface area contributed by atoms with Crippen LogP contribution in [0.1, 0.15) is 19.7 Å². The Hall–Kier alpha value is -1.46. The highest BCUT2D eigenvalue weighted by molar-refractivity contribution is 6.33. The fourth-order valence-corrected chi connectivity index (χ4v) is 2.13. The topological polar surface area (TPSA) is 50.9 Å². The predicted octanol–water partition coefficient (Wildman–Crippen LogP) is 2.89. The fraction of sp³-hybridized carbons (Fsp3) is 0.385. The molecule has 2 rings (SSSR count). The summed E-state index contributed by atoms with van der Waals surface area (Å²) in [5.41, 5.74) is 0.607. The molecule has 1 N–H and O–H groups in total. The molecule has 0 aliphatic carbocycles. The highest BCUT2D eigenvalue weighted by Crippen LogP contribution is 2.28. The lowest BCUT2D eigenvalue weighted by atomic mass is 10.2. The minimum absolute atomic E-state index is 0.196. The first-order chi connectivity index (χ1) is 9.02. The normalized spacial score (nSPS) is 11.3. The van der Waals surface area contributed by atoms with E-state index in [1.807, 2.05) is 4.57 Å². The molecule has 0 bridgehead atoms. The first-order valence-corrected chi connectivity index (χ1v) is 6.39. The summed E-state index contributed by atoms with van der Waals surface area (Å²) in [7, 11) is 0. The average molecular weight is 284 g/mol. The van der Waals surface area contributed by atoms with Gasteiger partial charge in [0.05, 0.1) is 5.02 Å². The summed E-state index contributed by atoms with van der Waals surface area (Å²) < 4.78 is 14.9. The SMILES string of the molecule is CC(C)Cn1c(CO)nnc1-c1ccc(F)cc1Cl. The van der Waals surface area contributed by atoms with Crippen molar-refractivity contribution in [1.82, 2.24) is 14.8 Å². The highest BCUT2D eigenvalue weighted by atomic mass is 35.5. The number of nitrogens with zero attached hydrogens (tertiary/aromatic N) is 3. The summed E-state index contributed by atoms with van der Waals surface area (Å²) >= 11 is 6.04. The Kier molecular flexibility index (Phi) is 4.17. The minimum atomic E-state index is -0.397.